The van der Waals surface area contributed by atoms with Gasteiger partial charge in [0.25, 0.3) is 5.69 Å². The number of nitro benzene ring substituents is 1. The van der Waals surface area contributed by atoms with Crippen LogP contribution in [0.1, 0.15) is 16.7 Å². The molecule has 0 N–H and O–H groups in total. The van der Waals surface area contributed by atoms with Crippen molar-refractivity contribution in [2.45, 2.75) is 10.8 Å². The van der Waals surface area contributed by atoms with E-state index in [1.807, 2.05) is 60.7 Å². The van der Waals surface area contributed by atoms with Crippen LogP contribution in [-0.4, -0.2) is 16.7 Å². The number of piperidine rings is 1. The molecular formula is C29H19ClN2O4. The van der Waals surface area contributed by atoms with E-state index in [1.54, 1.807) is 30.3 Å². The molecule has 7 heteroatoms. The molecule has 4 aromatic rings. The van der Waals surface area contributed by atoms with Crippen molar-refractivity contribution in [3.05, 3.63) is 141 Å². The van der Waals surface area contributed by atoms with Gasteiger partial charge in [0.2, 0.25) is 11.8 Å². The molecule has 0 spiro atoms. The fourth-order valence-corrected chi connectivity index (χ4v) is 6.25. The highest BCUT2D eigenvalue weighted by atomic mass is 35.5. The molecule has 0 bridgehead atoms. The Labute approximate surface area is 211 Å². The number of rotatable bonds is 5. The second-order valence-electron chi connectivity index (χ2n) is 9.04. The molecule has 4 aromatic carbocycles. The van der Waals surface area contributed by atoms with Gasteiger partial charge in [0.05, 0.1) is 21.9 Å². The maximum Gasteiger partial charge on any atom is 0.271 e. The molecular weight excluding hydrogens is 476 g/mol. The van der Waals surface area contributed by atoms with E-state index in [0.29, 0.717) is 10.6 Å². The standard InChI is InChI=1S/C29H19ClN2O4/c30-22-16-14-21(15-17-22)29-25(26(33)31(27(29)34)23-12-7-13-24(18-23)32(35)36)28(29,19-8-3-1-4-9-19)20-10-5-2-6-11-20/h1-18,25H. The maximum atomic E-state index is 14.5. The third kappa shape index (κ3) is 2.73. The summed E-state index contributed by atoms with van der Waals surface area (Å²) in [5.74, 6) is -1.53. The quantitative estimate of drug-likeness (QED) is 0.203. The number of nitrogens with zero attached hydrogens (tertiary/aromatic N) is 2. The van der Waals surface area contributed by atoms with Gasteiger partial charge < -0.3 is 0 Å². The molecule has 2 fully saturated rings. The van der Waals surface area contributed by atoms with Crippen molar-refractivity contribution in [3.63, 3.8) is 0 Å². The van der Waals surface area contributed by atoms with E-state index in [0.717, 1.165) is 16.0 Å². The van der Waals surface area contributed by atoms with E-state index in [2.05, 4.69) is 0 Å². The van der Waals surface area contributed by atoms with Crippen molar-refractivity contribution in [1.29, 1.82) is 0 Å². The van der Waals surface area contributed by atoms with Gasteiger partial charge in [-0.25, -0.2) is 4.90 Å². The summed E-state index contributed by atoms with van der Waals surface area (Å²) >= 11 is 6.19. The lowest BCUT2D eigenvalue weighted by atomic mass is 9.76. The van der Waals surface area contributed by atoms with Gasteiger partial charge in [-0.1, -0.05) is 90.5 Å². The van der Waals surface area contributed by atoms with Gasteiger partial charge in [-0.05, 0) is 34.9 Å². The van der Waals surface area contributed by atoms with Crippen LogP contribution in [0, 0.1) is 16.0 Å². The third-order valence-corrected chi connectivity index (χ3v) is 7.72. The number of fused-ring (bicyclic) bond motifs is 1. The van der Waals surface area contributed by atoms with E-state index in [4.69, 9.17) is 11.6 Å². The molecule has 2 atom stereocenters. The molecule has 6 nitrogen and oxygen atoms in total. The van der Waals surface area contributed by atoms with E-state index in [1.165, 1.54) is 18.2 Å². The Morgan fingerprint density at radius 2 is 1.28 bits per heavy atom. The zero-order chi connectivity index (χ0) is 25.1. The van der Waals surface area contributed by atoms with Crippen molar-refractivity contribution in [1.82, 2.24) is 0 Å². The van der Waals surface area contributed by atoms with Crippen LogP contribution >= 0.6 is 11.6 Å². The molecule has 36 heavy (non-hydrogen) atoms. The Bertz CT molecular complexity index is 1480. The van der Waals surface area contributed by atoms with E-state index >= 15 is 0 Å². The molecule has 1 aliphatic carbocycles. The number of carbonyl (C=O) groups excluding carboxylic acids is 2. The molecule has 1 saturated heterocycles. The van der Waals surface area contributed by atoms with Gasteiger partial charge in [0.1, 0.15) is 5.41 Å². The minimum atomic E-state index is -1.23. The highest BCUT2D eigenvalue weighted by molar-refractivity contribution is 6.32. The minimum absolute atomic E-state index is 0.188. The fraction of sp³-hybridized carbons (Fsp3) is 0.103. The predicted octanol–water partition coefficient (Wildman–Crippen LogP) is 5.68. The van der Waals surface area contributed by atoms with Gasteiger partial charge in [0.15, 0.2) is 0 Å². The second-order valence-corrected chi connectivity index (χ2v) is 9.48. The van der Waals surface area contributed by atoms with Crippen LogP contribution in [0.5, 0.6) is 0 Å². The number of anilines is 1. The zero-order valence-electron chi connectivity index (χ0n) is 18.9. The number of benzene rings is 4. The van der Waals surface area contributed by atoms with Crippen LogP contribution < -0.4 is 4.90 Å². The summed E-state index contributed by atoms with van der Waals surface area (Å²) in [6, 6.07) is 31.8. The largest absolute Gasteiger partial charge is 0.274 e. The highest BCUT2D eigenvalue weighted by Crippen LogP contribution is 2.77. The van der Waals surface area contributed by atoms with Crippen molar-refractivity contribution in [3.8, 4) is 0 Å². The molecule has 2 amide bonds. The highest BCUT2D eigenvalue weighted by Gasteiger charge is 2.89. The average molecular weight is 495 g/mol. The van der Waals surface area contributed by atoms with E-state index in [9.17, 15) is 19.7 Å². The molecule has 176 valence electrons. The SMILES string of the molecule is O=C1C2C(c3ccc(Cl)cc3)(C(=O)N1c1cccc([N+](=O)[O-])c1)C2(c1ccccc1)c1ccccc1. The molecule has 2 unspecified atom stereocenters. The van der Waals surface area contributed by atoms with Gasteiger partial charge in [-0.15, -0.1) is 0 Å². The first-order valence-corrected chi connectivity index (χ1v) is 11.8. The molecule has 0 aromatic heterocycles. The normalized spacial score (nSPS) is 21.8. The van der Waals surface area contributed by atoms with Gasteiger partial charge in [-0.2, -0.15) is 0 Å². The Morgan fingerprint density at radius 1 is 0.722 bits per heavy atom. The number of amides is 2. The summed E-state index contributed by atoms with van der Waals surface area (Å²) in [5.41, 5.74) is 0.224. The lowest BCUT2D eigenvalue weighted by Gasteiger charge is -2.31. The summed E-state index contributed by atoms with van der Waals surface area (Å²) in [4.78, 5) is 40.6. The lowest BCUT2D eigenvalue weighted by Crippen LogP contribution is -2.44. The molecule has 1 saturated carbocycles. The number of imide groups is 1. The monoisotopic (exact) mass is 494 g/mol. The Kier molecular flexibility index (Phi) is 4.85. The number of hydrogen-bond donors (Lipinski definition) is 0. The number of hydrogen-bond acceptors (Lipinski definition) is 4. The smallest absolute Gasteiger partial charge is 0.271 e. The minimum Gasteiger partial charge on any atom is -0.274 e. The van der Waals surface area contributed by atoms with E-state index < -0.39 is 27.6 Å². The van der Waals surface area contributed by atoms with Crippen LogP contribution in [-0.2, 0) is 20.4 Å². The Morgan fingerprint density at radius 3 is 1.83 bits per heavy atom. The fourth-order valence-electron chi connectivity index (χ4n) is 6.12. The van der Waals surface area contributed by atoms with Gasteiger partial charge in [-0.3, -0.25) is 19.7 Å². The summed E-state index contributed by atoms with van der Waals surface area (Å²) < 4.78 is 0. The summed E-state index contributed by atoms with van der Waals surface area (Å²) in [6.07, 6.45) is 0. The molecule has 1 heterocycles. The van der Waals surface area contributed by atoms with E-state index in [-0.39, 0.29) is 17.3 Å². The first kappa shape index (κ1) is 22.2. The Hall–Kier alpha value is -4.29. The van der Waals surface area contributed by atoms with Crippen LogP contribution in [0.15, 0.2) is 109 Å². The van der Waals surface area contributed by atoms with Crippen LogP contribution in [0.3, 0.4) is 0 Å². The predicted molar refractivity (Wildman–Crippen MR) is 136 cm³/mol. The van der Waals surface area contributed by atoms with Gasteiger partial charge in [0, 0.05) is 17.2 Å². The molecule has 1 aliphatic heterocycles. The van der Waals surface area contributed by atoms with Crippen LogP contribution in [0.4, 0.5) is 11.4 Å². The topological polar surface area (TPSA) is 80.5 Å². The second kappa shape index (κ2) is 7.86. The van der Waals surface area contributed by atoms with Crippen molar-refractivity contribution in [2.24, 2.45) is 5.92 Å². The van der Waals surface area contributed by atoms with Crippen molar-refractivity contribution < 1.29 is 14.5 Å². The average Bonchev–Trinajstić information content (AvgIpc) is 3.49. The van der Waals surface area contributed by atoms with Crippen LogP contribution in [0.25, 0.3) is 0 Å². The van der Waals surface area contributed by atoms with Crippen molar-refractivity contribution >= 4 is 34.8 Å². The van der Waals surface area contributed by atoms with Crippen LogP contribution in [0.2, 0.25) is 5.02 Å². The Balaban J connectivity index is 1.63. The molecule has 0 radical (unpaired) electrons. The zero-order valence-corrected chi connectivity index (χ0v) is 19.6. The number of carbonyl (C=O) groups is 2. The maximum absolute atomic E-state index is 14.5. The van der Waals surface area contributed by atoms with Crippen molar-refractivity contribution in [2.75, 3.05) is 4.90 Å². The first-order chi connectivity index (χ1) is 17.4. The summed E-state index contributed by atoms with van der Waals surface area (Å²) in [6.45, 7) is 0. The third-order valence-electron chi connectivity index (χ3n) is 7.47. The molecule has 6 rings (SSSR count). The number of halogens is 1. The summed E-state index contributed by atoms with van der Waals surface area (Å²) in [5, 5.41) is 11.9. The first-order valence-electron chi connectivity index (χ1n) is 11.4. The lowest BCUT2D eigenvalue weighted by molar-refractivity contribution is -0.384. The molecule has 2 aliphatic rings. The summed E-state index contributed by atoms with van der Waals surface area (Å²) in [7, 11) is 0. The number of nitro groups is 1. The van der Waals surface area contributed by atoms with Gasteiger partial charge >= 0.3 is 0 Å². The number of non-ortho nitro benzene ring substituents is 1.